The lowest BCUT2D eigenvalue weighted by atomic mass is 10.1. The second-order valence-corrected chi connectivity index (χ2v) is 9.88. The van der Waals surface area contributed by atoms with Crippen LogP contribution in [0, 0.1) is 5.82 Å². The van der Waals surface area contributed by atoms with Crippen LogP contribution in [-0.4, -0.2) is 34.8 Å². The average Bonchev–Trinajstić information content (AvgIpc) is 3.59. The van der Waals surface area contributed by atoms with Crippen LogP contribution in [0.4, 0.5) is 10.1 Å². The first-order chi connectivity index (χ1) is 17.9. The zero-order chi connectivity index (χ0) is 25.5. The van der Waals surface area contributed by atoms with E-state index in [2.05, 4.69) is 21.2 Å². The molecule has 2 aliphatic rings. The van der Waals surface area contributed by atoms with Crippen molar-refractivity contribution < 1.29 is 23.1 Å². The highest BCUT2D eigenvalue weighted by Crippen LogP contribution is 2.38. The van der Waals surface area contributed by atoms with Crippen LogP contribution in [0.5, 0.6) is 0 Å². The van der Waals surface area contributed by atoms with E-state index in [4.69, 9.17) is 14.1 Å². The smallest absolute Gasteiger partial charge is 0.251 e. The highest BCUT2D eigenvalue weighted by atomic mass is 79.9. The number of nitrogens with zero attached hydrogens (tertiary/aromatic N) is 2. The Bertz CT molecular complexity index is 1500. The Morgan fingerprint density at radius 3 is 2.57 bits per heavy atom. The maximum atomic E-state index is 13.6. The van der Waals surface area contributed by atoms with Crippen LogP contribution in [-0.2, 0) is 27.2 Å². The summed E-state index contributed by atoms with van der Waals surface area (Å²) in [5.74, 6) is 0.229. The number of aromatic nitrogens is 1. The van der Waals surface area contributed by atoms with Crippen molar-refractivity contribution in [3.05, 3.63) is 93.9 Å². The van der Waals surface area contributed by atoms with Gasteiger partial charge in [0.15, 0.2) is 12.0 Å². The molecule has 0 bridgehead atoms. The van der Waals surface area contributed by atoms with E-state index in [9.17, 15) is 14.0 Å². The summed E-state index contributed by atoms with van der Waals surface area (Å²) in [6.07, 6.45) is 0.157. The highest BCUT2D eigenvalue weighted by Gasteiger charge is 2.38. The van der Waals surface area contributed by atoms with Crippen LogP contribution in [0.3, 0.4) is 0 Å². The van der Waals surface area contributed by atoms with E-state index >= 15 is 0 Å². The Balaban J connectivity index is 1.32. The fourth-order valence-corrected chi connectivity index (χ4v) is 4.89. The molecule has 2 amide bonds. The molecule has 3 heterocycles. The molecule has 186 valence electrons. The summed E-state index contributed by atoms with van der Waals surface area (Å²) < 4.78 is 26.7. The van der Waals surface area contributed by atoms with E-state index < -0.39 is 6.23 Å². The molecule has 6 rings (SSSR count). The van der Waals surface area contributed by atoms with Crippen molar-refractivity contribution in [3.63, 3.8) is 0 Å². The van der Waals surface area contributed by atoms with Crippen molar-refractivity contribution in [1.29, 1.82) is 0 Å². The Labute approximate surface area is 220 Å². The summed E-state index contributed by atoms with van der Waals surface area (Å²) in [5.41, 5.74) is 4.71. The third-order valence-corrected chi connectivity index (χ3v) is 7.02. The fraction of sp³-hybridized carbons (Fsp3) is 0.179. The molecule has 0 saturated carbocycles. The lowest BCUT2D eigenvalue weighted by molar-refractivity contribution is -0.128. The summed E-state index contributed by atoms with van der Waals surface area (Å²) in [6.45, 7) is 0.311. The van der Waals surface area contributed by atoms with E-state index in [0.717, 1.165) is 26.9 Å². The summed E-state index contributed by atoms with van der Waals surface area (Å²) >= 11 is 3.43. The van der Waals surface area contributed by atoms with E-state index in [1.54, 1.807) is 17.0 Å². The van der Waals surface area contributed by atoms with Crippen molar-refractivity contribution in [2.24, 2.45) is 0 Å². The molecule has 0 radical (unpaired) electrons. The number of rotatable bonds is 6. The van der Waals surface area contributed by atoms with Crippen molar-refractivity contribution in [2.45, 2.75) is 19.1 Å². The van der Waals surface area contributed by atoms with Gasteiger partial charge in [0.2, 0.25) is 11.8 Å². The number of nitrogens with one attached hydrogen (secondary N) is 1. The molecule has 0 aliphatic carbocycles. The van der Waals surface area contributed by atoms with Gasteiger partial charge < -0.3 is 19.4 Å². The predicted octanol–water partition coefficient (Wildman–Crippen LogP) is 5.50. The van der Waals surface area contributed by atoms with E-state index in [1.165, 1.54) is 12.1 Å². The molecule has 1 saturated heterocycles. The number of halogens is 2. The second-order valence-electron chi connectivity index (χ2n) is 8.96. The van der Waals surface area contributed by atoms with Crippen LogP contribution < -0.4 is 5.32 Å². The summed E-state index contributed by atoms with van der Waals surface area (Å²) in [4.78, 5) is 30.9. The predicted molar refractivity (Wildman–Crippen MR) is 138 cm³/mol. The number of hydrogen-bond acceptors (Lipinski definition) is 5. The third-order valence-electron chi connectivity index (χ3n) is 6.49. The van der Waals surface area contributed by atoms with Crippen LogP contribution in [0.1, 0.15) is 23.1 Å². The number of oxazole rings is 1. The molecule has 1 fully saturated rings. The third kappa shape index (κ3) is 4.68. The normalized spacial score (nSPS) is 16.8. The summed E-state index contributed by atoms with van der Waals surface area (Å²) in [7, 11) is 0. The van der Waals surface area contributed by atoms with Gasteiger partial charge in [-0.15, -0.1) is 0 Å². The molecule has 3 aromatic carbocycles. The molecule has 0 spiro atoms. The Kier molecular flexibility index (Phi) is 6.10. The molecule has 2 aliphatic heterocycles. The van der Waals surface area contributed by atoms with Gasteiger partial charge in [-0.3, -0.25) is 9.59 Å². The standard InChI is InChI=1S/C28H21BrFN3O4/c29-20-6-2-18(3-7-20)27-32-25(17-4-8-21(30)9-5-17)26(37-27)28-33(24(35)15-36-28)12-11-16-1-10-22-19(13-16)14-23(34)31-22/h1-10,13,28H,11-12,14-15H2,(H,31,34)/t28-/m1/s1. The average molecular weight is 562 g/mol. The minimum absolute atomic E-state index is 0.0180. The maximum Gasteiger partial charge on any atom is 0.251 e. The van der Waals surface area contributed by atoms with Crippen molar-refractivity contribution in [1.82, 2.24) is 9.88 Å². The topological polar surface area (TPSA) is 84.7 Å². The van der Waals surface area contributed by atoms with E-state index in [0.29, 0.717) is 42.3 Å². The second kappa shape index (κ2) is 9.57. The SMILES string of the molecule is O=C1Cc2cc(CCN3C(=O)CO[C@@H]3c3oc(-c4ccc(Br)cc4)nc3-c3ccc(F)cc3)ccc2N1. The first-order valence-corrected chi connectivity index (χ1v) is 12.6. The van der Waals surface area contributed by atoms with Gasteiger partial charge in [0.25, 0.3) is 5.91 Å². The van der Waals surface area contributed by atoms with E-state index in [1.807, 2.05) is 42.5 Å². The zero-order valence-corrected chi connectivity index (χ0v) is 21.1. The first kappa shape index (κ1) is 23.6. The minimum atomic E-state index is -0.776. The number of hydrogen-bond donors (Lipinski definition) is 1. The van der Waals surface area contributed by atoms with E-state index in [-0.39, 0.29) is 24.2 Å². The molecular formula is C28H21BrFN3O4. The Morgan fingerprint density at radius 1 is 1.03 bits per heavy atom. The number of anilines is 1. The molecule has 9 heteroatoms. The lowest BCUT2D eigenvalue weighted by Crippen LogP contribution is -2.30. The Morgan fingerprint density at radius 2 is 1.78 bits per heavy atom. The molecule has 1 aromatic heterocycles. The van der Waals surface area contributed by atoms with Crippen LogP contribution in [0.15, 0.2) is 75.6 Å². The summed E-state index contributed by atoms with van der Waals surface area (Å²) in [6, 6.07) is 19.3. The molecule has 1 atom stereocenters. The van der Waals surface area contributed by atoms with Crippen LogP contribution in [0.2, 0.25) is 0 Å². The molecule has 0 unspecified atom stereocenters. The lowest BCUT2D eigenvalue weighted by Gasteiger charge is -2.22. The quantitative estimate of drug-likeness (QED) is 0.336. The van der Waals surface area contributed by atoms with Gasteiger partial charge in [-0.2, -0.15) is 0 Å². The van der Waals surface area contributed by atoms with Gasteiger partial charge in [0.05, 0.1) is 6.42 Å². The fourth-order valence-electron chi connectivity index (χ4n) is 4.63. The van der Waals surface area contributed by atoms with Gasteiger partial charge in [-0.1, -0.05) is 28.1 Å². The first-order valence-electron chi connectivity index (χ1n) is 11.8. The van der Waals surface area contributed by atoms with Crippen molar-refractivity contribution in [3.8, 4) is 22.7 Å². The van der Waals surface area contributed by atoms with Gasteiger partial charge in [0.1, 0.15) is 18.1 Å². The maximum absolute atomic E-state index is 13.6. The largest absolute Gasteiger partial charge is 0.436 e. The van der Waals surface area contributed by atoms with Gasteiger partial charge in [0, 0.05) is 27.8 Å². The van der Waals surface area contributed by atoms with Crippen molar-refractivity contribution >= 4 is 33.4 Å². The number of fused-ring (bicyclic) bond motifs is 1. The summed E-state index contributed by atoms with van der Waals surface area (Å²) in [5, 5.41) is 2.83. The van der Waals surface area contributed by atoms with Crippen molar-refractivity contribution in [2.75, 3.05) is 18.5 Å². The Hall–Kier alpha value is -3.82. The number of ether oxygens (including phenoxy) is 1. The molecule has 1 N–H and O–H groups in total. The number of carbonyl (C=O) groups is 2. The van der Waals surface area contributed by atoms with Gasteiger partial charge in [-0.25, -0.2) is 9.37 Å². The zero-order valence-electron chi connectivity index (χ0n) is 19.5. The van der Waals surface area contributed by atoms with Gasteiger partial charge >= 0.3 is 0 Å². The number of benzene rings is 3. The number of carbonyl (C=O) groups excluding carboxylic acids is 2. The molecule has 37 heavy (non-hydrogen) atoms. The van der Waals surface area contributed by atoms with Crippen LogP contribution in [0.25, 0.3) is 22.7 Å². The minimum Gasteiger partial charge on any atom is -0.436 e. The molecule has 7 nitrogen and oxygen atoms in total. The van der Waals surface area contributed by atoms with Gasteiger partial charge in [-0.05, 0) is 72.1 Å². The van der Waals surface area contributed by atoms with Crippen LogP contribution >= 0.6 is 15.9 Å². The molecule has 4 aromatic rings. The highest BCUT2D eigenvalue weighted by molar-refractivity contribution is 9.10. The number of amides is 2. The monoisotopic (exact) mass is 561 g/mol. The molecular weight excluding hydrogens is 541 g/mol.